The minimum Gasteiger partial charge on any atom is -0.497 e. The van der Waals surface area contributed by atoms with Crippen LogP contribution in [-0.4, -0.2) is 38.1 Å². The van der Waals surface area contributed by atoms with Crippen molar-refractivity contribution in [2.24, 2.45) is 11.7 Å². The molecule has 25 heavy (non-hydrogen) atoms. The Morgan fingerprint density at radius 1 is 1.24 bits per heavy atom. The van der Waals surface area contributed by atoms with Crippen LogP contribution >= 0.6 is 0 Å². The largest absolute Gasteiger partial charge is 0.497 e. The number of ether oxygens (including phenoxy) is 2. The van der Waals surface area contributed by atoms with Crippen LogP contribution in [0.2, 0.25) is 0 Å². The summed E-state index contributed by atoms with van der Waals surface area (Å²) in [6.07, 6.45) is 0. The molecule has 0 bridgehead atoms. The van der Waals surface area contributed by atoms with E-state index in [1.165, 1.54) is 25.3 Å². The smallest absolute Gasteiger partial charge is 0.387 e. The minimum absolute atomic E-state index is 0.0612. The molecule has 140 valence electrons. The van der Waals surface area contributed by atoms with Gasteiger partial charge in [0.25, 0.3) is 0 Å². The van der Waals surface area contributed by atoms with Crippen LogP contribution < -0.4 is 25.8 Å². The molecule has 0 aliphatic rings. The zero-order valence-corrected chi connectivity index (χ0v) is 14.3. The number of methoxy groups -OCH3 is 1. The fourth-order valence-corrected chi connectivity index (χ4v) is 1.88. The van der Waals surface area contributed by atoms with Crippen LogP contribution in [0.4, 0.5) is 8.78 Å². The molecule has 7 nitrogen and oxygen atoms in total. The standard InChI is InChI=1S/C16H23F2N3O4/c1-9(2)14(19)15(23)21-8-13(22)20-7-10-6-11(24-3)4-5-12(10)25-16(17)18/h4-6,9,14,16H,7-8,19H2,1-3H3,(H,20,22)(H,21,23)/t14-/m0/s1. The number of alkyl halides is 2. The normalized spacial score (nSPS) is 12.0. The molecule has 4 N–H and O–H groups in total. The summed E-state index contributed by atoms with van der Waals surface area (Å²) in [7, 11) is 1.43. The third kappa shape index (κ3) is 6.92. The van der Waals surface area contributed by atoms with Gasteiger partial charge in [-0.3, -0.25) is 9.59 Å². The Hall–Kier alpha value is -2.42. The number of hydrogen-bond donors (Lipinski definition) is 3. The highest BCUT2D eigenvalue weighted by atomic mass is 19.3. The monoisotopic (exact) mass is 359 g/mol. The molecule has 0 heterocycles. The molecule has 1 aromatic carbocycles. The van der Waals surface area contributed by atoms with Gasteiger partial charge in [-0.1, -0.05) is 13.8 Å². The summed E-state index contributed by atoms with van der Waals surface area (Å²) in [6, 6.07) is 3.56. The lowest BCUT2D eigenvalue weighted by molar-refractivity contribution is -0.127. The lowest BCUT2D eigenvalue weighted by Gasteiger charge is -2.16. The van der Waals surface area contributed by atoms with Gasteiger partial charge in [-0.25, -0.2) is 0 Å². The van der Waals surface area contributed by atoms with Gasteiger partial charge in [-0.15, -0.1) is 0 Å². The number of amides is 2. The topological polar surface area (TPSA) is 103 Å². The zero-order chi connectivity index (χ0) is 19.0. The van der Waals surface area contributed by atoms with E-state index in [4.69, 9.17) is 10.5 Å². The molecular weight excluding hydrogens is 336 g/mol. The molecule has 2 amide bonds. The van der Waals surface area contributed by atoms with Crippen molar-refractivity contribution in [1.82, 2.24) is 10.6 Å². The van der Waals surface area contributed by atoms with Crippen molar-refractivity contribution < 1.29 is 27.8 Å². The van der Waals surface area contributed by atoms with E-state index in [1.54, 1.807) is 13.8 Å². The molecule has 0 aliphatic carbocycles. The van der Waals surface area contributed by atoms with Crippen LogP contribution in [0.3, 0.4) is 0 Å². The van der Waals surface area contributed by atoms with E-state index in [9.17, 15) is 18.4 Å². The quantitative estimate of drug-likeness (QED) is 0.611. The third-order valence-corrected chi connectivity index (χ3v) is 3.40. The molecule has 0 saturated heterocycles. The second-order valence-corrected chi connectivity index (χ2v) is 5.62. The minimum atomic E-state index is -2.99. The number of hydrogen-bond acceptors (Lipinski definition) is 5. The van der Waals surface area contributed by atoms with Crippen LogP contribution in [0.5, 0.6) is 11.5 Å². The van der Waals surface area contributed by atoms with E-state index < -0.39 is 24.5 Å². The van der Waals surface area contributed by atoms with E-state index in [-0.39, 0.29) is 24.8 Å². The number of rotatable bonds is 9. The zero-order valence-electron chi connectivity index (χ0n) is 14.3. The first kappa shape index (κ1) is 20.6. The Morgan fingerprint density at radius 3 is 2.48 bits per heavy atom. The van der Waals surface area contributed by atoms with Gasteiger partial charge in [0.2, 0.25) is 11.8 Å². The average Bonchev–Trinajstić information content (AvgIpc) is 2.57. The summed E-state index contributed by atoms with van der Waals surface area (Å²) in [4.78, 5) is 23.5. The lowest BCUT2D eigenvalue weighted by Crippen LogP contribution is -2.47. The van der Waals surface area contributed by atoms with Gasteiger partial charge in [-0.2, -0.15) is 8.78 Å². The molecule has 1 atom stereocenters. The molecule has 0 saturated carbocycles. The molecular formula is C16H23F2N3O4. The molecule has 1 aromatic rings. The first-order chi connectivity index (χ1) is 11.7. The number of carbonyl (C=O) groups is 2. The van der Waals surface area contributed by atoms with E-state index in [0.717, 1.165) is 0 Å². The Kier molecular flexibility index (Phi) is 8.06. The van der Waals surface area contributed by atoms with Crippen molar-refractivity contribution in [3.05, 3.63) is 23.8 Å². The maximum atomic E-state index is 12.4. The molecule has 0 fully saturated rings. The van der Waals surface area contributed by atoms with E-state index in [0.29, 0.717) is 11.3 Å². The molecule has 0 spiro atoms. The van der Waals surface area contributed by atoms with Crippen LogP contribution in [-0.2, 0) is 16.1 Å². The Morgan fingerprint density at radius 2 is 1.92 bits per heavy atom. The highest BCUT2D eigenvalue weighted by Gasteiger charge is 2.18. The number of halogens is 2. The van der Waals surface area contributed by atoms with Gasteiger partial charge in [0, 0.05) is 12.1 Å². The third-order valence-electron chi connectivity index (χ3n) is 3.40. The van der Waals surface area contributed by atoms with Gasteiger partial charge in [0.1, 0.15) is 11.5 Å². The summed E-state index contributed by atoms with van der Waals surface area (Å²) in [5, 5.41) is 4.93. The van der Waals surface area contributed by atoms with Crippen molar-refractivity contribution in [3.63, 3.8) is 0 Å². The van der Waals surface area contributed by atoms with Crippen molar-refractivity contribution in [1.29, 1.82) is 0 Å². The summed E-state index contributed by atoms with van der Waals surface area (Å²) in [5.74, 6) is -0.624. The van der Waals surface area contributed by atoms with Gasteiger partial charge in [0.15, 0.2) is 0 Å². The number of benzene rings is 1. The van der Waals surface area contributed by atoms with Gasteiger partial charge < -0.3 is 25.8 Å². The lowest BCUT2D eigenvalue weighted by atomic mass is 10.1. The summed E-state index contributed by atoms with van der Waals surface area (Å²) in [5.41, 5.74) is 5.98. The maximum Gasteiger partial charge on any atom is 0.387 e. The predicted molar refractivity (Wildman–Crippen MR) is 87.3 cm³/mol. The van der Waals surface area contributed by atoms with E-state index in [2.05, 4.69) is 15.4 Å². The predicted octanol–water partition coefficient (Wildman–Crippen LogP) is 1.01. The van der Waals surface area contributed by atoms with Crippen molar-refractivity contribution in [3.8, 4) is 11.5 Å². The van der Waals surface area contributed by atoms with Crippen molar-refractivity contribution in [2.45, 2.75) is 33.0 Å². The number of carbonyl (C=O) groups excluding carboxylic acids is 2. The van der Waals surface area contributed by atoms with Gasteiger partial charge in [-0.05, 0) is 24.1 Å². The summed E-state index contributed by atoms with van der Waals surface area (Å²) >= 11 is 0. The highest BCUT2D eigenvalue weighted by molar-refractivity contribution is 5.87. The van der Waals surface area contributed by atoms with Gasteiger partial charge in [0.05, 0.1) is 19.7 Å². The molecule has 0 aromatic heterocycles. The molecule has 0 unspecified atom stereocenters. The molecule has 0 radical (unpaired) electrons. The first-order valence-electron chi connectivity index (χ1n) is 7.66. The highest BCUT2D eigenvalue weighted by Crippen LogP contribution is 2.25. The van der Waals surface area contributed by atoms with Gasteiger partial charge >= 0.3 is 6.61 Å². The van der Waals surface area contributed by atoms with Crippen LogP contribution in [0, 0.1) is 5.92 Å². The summed E-state index contributed by atoms with van der Waals surface area (Å²) < 4.78 is 34.3. The average molecular weight is 359 g/mol. The van der Waals surface area contributed by atoms with Crippen LogP contribution in [0.1, 0.15) is 19.4 Å². The fourth-order valence-electron chi connectivity index (χ4n) is 1.88. The summed E-state index contributed by atoms with van der Waals surface area (Å²) in [6.45, 7) is 0.257. The number of nitrogens with one attached hydrogen (secondary N) is 2. The second kappa shape index (κ2) is 9.77. The van der Waals surface area contributed by atoms with E-state index in [1.807, 2.05) is 0 Å². The van der Waals surface area contributed by atoms with Crippen molar-refractivity contribution >= 4 is 11.8 Å². The van der Waals surface area contributed by atoms with E-state index >= 15 is 0 Å². The number of nitrogens with two attached hydrogens (primary N) is 1. The van der Waals surface area contributed by atoms with Crippen LogP contribution in [0.25, 0.3) is 0 Å². The van der Waals surface area contributed by atoms with Crippen LogP contribution in [0.15, 0.2) is 18.2 Å². The molecule has 1 rings (SSSR count). The Labute approximate surface area is 144 Å². The van der Waals surface area contributed by atoms with Crippen molar-refractivity contribution in [2.75, 3.05) is 13.7 Å². The second-order valence-electron chi connectivity index (χ2n) is 5.62. The molecule has 9 heteroatoms. The Bertz CT molecular complexity index is 597. The first-order valence-corrected chi connectivity index (χ1v) is 7.66. The Balaban J connectivity index is 2.61. The SMILES string of the molecule is COc1ccc(OC(F)F)c(CNC(=O)CNC(=O)[C@@H](N)C(C)C)c1. The molecule has 0 aliphatic heterocycles. The fraction of sp³-hybridized carbons (Fsp3) is 0.500. The maximum absolute atomic E-state index is 12.4.